The number of hydrogen-bond donors (Lipinski definition) is 2. The molecule has 1 aromatic heterocycles. The standard InChI is InChI=1S/C22H21N3O4/c26-20(23-16-9-8-14-4-3-5-15(14)12-16)13-29-21(27)11-10-19-24-18-7-2-1-6-17(18)22(28)25-19/h1-2,6-9,12H,3-5,10-11,13H2,(H,23,26)(H,24,25,28). The fraction of sp³-hybridized carbons (Fsp3) is 0.273. The summed E-state index contributed by atoms with van der Waals surface area (Å²) < 4.78 is 5.04. The Morgan fingerprint density at radius 2 is 1.93 bits per heavy atom. The lowest BCUT2D eigenvalue weighted by Crippen LogP contribution is -2.21. The number of carbonyl (C=O) groups excluding carboxylic acids is 2. The molecule has 7 nitrogen and oxygen atoms in total. The van der Waals surface area contributed by atoms with Crippen LogP contribution in [0.1, 0.15) is 29.8 Å². The highest BCUT2D eigenvalue weighted by molar-refractivity contribution is 5.93. The molecule has 0 radical (unpaired) electrons. The molecular weight excluding hydrogens is 370 g/mol. The van der Waals surface area contributed by atoms with Crippen molar-refractivity contribution in [3.63, 3.8) is 0 Å². The van der Waals surface area contributed by atoms with Gasteiger partial charge in [-0.2, -0.15) is 0 Å². The van der Waals surface area contributed by atoms with Gasteiger partial charge in [0.05, 0.1) is 17.3 Å². The third-order valence-electron chi connectivity index (χ3n) is 4.97. The molecule has 2 N–H and O–H groups in total. The monoisotopic (exact) mass is 391 g/mol. The molecule has 148 valence electrons. The Hall–Kier alpha value is -3.48. The summed E-state index contributed by atoms with van der Waals surface area (Å²) in [6, 6.07) is 12.9. The van der Waals surface area contributed by atoms with Crippen LogP contribution in [-0.4, -0.2) is 28.5 Å². The number of rotatable bonds is 6. The molecule has 0 bridgehead atoms. The van der Waals surface area contributed by atoms with E-state index in [-0.39, 0.29) is 30.9 Å². The molecule has 0 saturated heterocycles. The van der Waals surface area contributed by atoms with Crippen molar-refractivity contribution >= 4 is 28.5 Å². The SMILES string of the molecule is O=C(COC(=O)CCc1nc2ccccc2c(=O)[nH]1)Nc1ccc2c(c1)CCC2. The normalized spacial score (nSPS) is 12.6. The Labute approximate surface area is 167 Å². The number of amides is 1. The van der Waals surface area contributed by atoms with Crippen molar-refractivity contribution < 1.29 is 14.3 Å². The number of aryl methyl sites for hydroxylation is 3. The number of aromatic amines is 1. The number of ether oxygens (including phenoxy) is 1. The molecular formula is C22H21N3O4. The Kier molecular flexibility index (Phi) is 5.37. The van der Waals surface area contributed by atoms with Gasteiger partial charge in [0.15, 0.2) is 6.61 Å². The minimum Gasteiger partial charge on any atom is -0.456 e. The summed E-state index contributed by atoms with van der Waals surface area (Å²) in [7, 11) is 0. The number of fused-ring (bicyclic) bond motifs is 2. The number of nitrogens with zero attached hydrogens (tertiary/aromatic N) is 1. The van der Waals surface area contributed by atoms with Crippen LogP contribution < -0.4 is 10.9 Å². The van der Waals surface area contributed by atoms with Gasteiger partial charge in [0.25, 0.3) is 11.5 Å². The van der Waals surface area contributed by atoms with E-state index in [9.17, 15) is 14.4 Å². The van der Waals surface area contributed by atoms with Crippen LogP contribution in [0.15, 0.2) is 47.3 Å². The predicted octanol–water partition coefficient (Wildman–Crippen LogP) is 2.53. The summed E-state index contributed by atoms with van der Waals surface area (Å²) in [6.45, 7) is -0.350. The van der Waals surface area contributed by atoms with Crippen molar-refractivity contribution in [2.75, 3.05) is 11.9 Å². The molecule has 1 amide bonds. The van der Waals surface area contributed by atoms with Crippen molar-refractivity contribution in [2.45, 2.75) is 32.1 Å². The van der Waals surface area contributed by atoms with Gasteiger partial charge in [0.2, 0.25) is 0 Å². The first kappa shape index (κ1) is 18.9. The second kappa shape index (κ2) is 8.26. The largest absolute Gasteiger partial charge is 0.456 e. The molecule has 0 fully saturated rings. The second-order valence-electron chi connectivity index (χ2n) is 7.08. The van der Waals surface area contributed by atoms with Gasteiger partial charge in [-0.3, -0.25) is 14.4 Å². The average Bonchev–Trinajstić information content (AvgIpc) is 3.19. The van der Waals surface area contributed by atoms with Crippen LogP contribution in [0, 0.1) is 0 Å². The van der Waals surface area contributed by atoms with Crippen molar-refractivity contribution in [1.82, 2.24) is 9.97 Å². The van der Waals surface area contributed by atoms with Crippen LogP contribution in [0.25, 0.3) is 10.9 Å². The van der Waals surface area contributed by atoms with E-state index in [1.807, 2.05) is 18.2 Å². The van der Waals surface area contributed by atoms with E-state index in [0.29, 0.717) is 22.4 Å². The van der Waals surface area contributed by atoms with Crippen LogP contribution in [0.2, 0.25) is 0 Å². The van der Waals surface area contributed by atoms with Crippen molar-refractivity contribution in [1.29, 1.82) is 0 Å². The maximum Gasteiger partial charge on any atom is 0.306 e. The van der Waals surface area contributed by atoms with E-state index >= 15 is 0 Å². The average molecular weight is 391 g/mol. The van der Waals surface area contributed by atoms with Gasteiger partial charge < -0.3 is 15.0 Å². The zero-order chi connectivity index (χ0) is 20.2. The summed E-state index contributed by atoms with van der Waals surface area (Å²) in [5.74, 6) is -0.494. The minimum atomic E-state index is -0.523. The number of H-pyrrole nitrogens is 1. The van der Waals surface area contributed by atoms with Crippen LogP contribution >= 0.6 is 0 Å². The molecule has 0 spiro atoms. The predicted molar refractivity (Wildman–Crippen MR) is 109 cm³/mol. The lowest BCUT2D eigenvalue weighted by Gasteiger charge is -2.08. The van der Waals surface area contributed by atoms with E-state index in [1.165, 1.54) is 11.1 Å². The van der Waals surface area contributed by atoms with Crippen molar-refractivity contribution in [3.05, 3.63) is 69.8 Å². The fourth-order valence-electron chi connectivity index (χ4n) is 3.54. The number of benzene rings is 2. The van der Waals surface area contributed by atoms with Gasteiger partial charge in [0, 0.05) is 12.1 Å². The summed E-state index contributed by atoms with van der Waals surface area (Å²) in [4.78, 5) is 43.0. The Bertz CT molecular complexity index is 1140. The molecule has 7 heteroatoms. The molecule has 29 heavy (non-hydrogen) atoms. The summed E-state index contributed by atoms with van der Waals surface area (Å²) in [6.07, 6.45) is 3.50. The van der Waals surface area contributed by atoms with Crippen LogP contribution in [-0.2, 0) is 33.6 Å². The molecule has 1 heterocycles. The number of esters is 1. The third-order valence-corrected chi connectivity index (χ3v) is 4.97. The fourth-order valence-corrected chi connectivity index (χ4v) is 3.54. The molecule has 0 saturated carbocycles. The van der Waals surface area contributed by atoms with E-state index in [0.717, 1.165) is 19.3 Å². The quantitative estimate of drug-likeness (QED) is 0.629. The second-order valence-corrected chi connectivity index (χ2v) is 7.08. The highest BCUT2D eigenvalue weighted by Crippen LogP contribution is 2.24. The molecule has 0 aliphatic heterocycles. The Morgan fingerprint density at radius 3 is 2.83 bits per heavy atom. The first-order valence-corrected chi connectivity index (χ1v) is 9.64. The number of nitrogens with one attached hydrogen (secondary N) is 2. The molecule has 1 aliphatic carbocycles. The molecule has 0 atom stereocenters. The van der Waals surface area contributed by atoms with E-state index in [4.69, 9.17) is 4.74 Å². The van der Waals surface area contributed by atoms with Crippen molar-refractivity contribution in [2.24, 2.45) is 0 Å². The minimum absolute atomic E-state index is 0.0212. The van der Waals surface area contributed by atoms with E-state index < -0.39 is 5.97 Å². The lowest BCUT2D eigenvalue weighted by atomic mass is 10.1. The first-order valence-electron chi connectivity index (χ1n) is 9.64. The van der Waals surface area contributed by atoms with E-state index in [2.05, 4.69) is 15.3 Å². The lowest BCUT2D eigenvalue weighted by molar-refractivity contribution is -0.147. The Morgan fingerprint density at radius 1 is 1.10 bits per heavy atom. The van der Waals surface area contributed by atoms with Gasteiger partial charge in [-0.15, -0.1) is 0 Å². The van der Waals surface area contributed by atoms with Gasteiger partial charge in [-0.25, -0.2) is 4.98 Å². The number of aromatic nitrogens is 2. The Balaban J connectivity index is 1.27. The van der Waals surface area contributed by atoms with Gasteiger partial charge in [-0.1, -0.05) is 18.2 Å². The summed E-state index contributed by atoms with van der Waals surface area (Å²) in [5, 5.41) is 3.25. The number of hydrogen-bond acceptors (Lipinski definition) is 5. The van der Waals surface area contributed by atoms with Crippen LogP contribution in [0.3, 0.4) is 0 Å². The number of carbonyl (C=O) groups is 2. The summed E-state index contributed by atoms with van der Waals surface area (Å²) >= 11 is 0. The van der Waals surface area contributed by atoms with Crippen LogP contribution in [0.4, 0.5) is 5.69 Å². The smallest absolute Gasteiger partial charge is 0.306 e. The van der Waals surface area contributed by atoms with Crippen LogP contribution in [0.5, 0.6) is 0 Å². The zero-order valence-corrected chi connectivity index (χ0v) is 15.9. The molecule has 0 unspecified atom stereocenters. The van der Waals surface area contributed by atoms with Gasteiger partial charge >= 0.3 is 5.97 Å². The topological polar surface area (TPSA) is 101 Å². The highest BCUT2D eigenvalue weighted by atomic mass is 16.5. The first-order chi connectivity index (χ1) is 14.1. The molecule has 1 aliphatic rings. The number of anilines is 1. The maximum absolute atomic E-state index is 12.0. The molecule has 2 aromatic carbocycles. The zero-order valence-electron chi connectivity index (χ0n) is 15.9. The highest BCUT2D eigenvalue weighted by Gasteiger charge is 2.13. The van der Waals surface area contributed by atoms with Gasteiger partial charge in [0.1, 0.15) is 5.82 Å². The molecule has 3 aromatic rings. The van der Waals surface area contributed by atoms with E-state index in [1.54, 1.807) is 24.3 Å². The number of para-hydroxylation sites is 1. The summed E-state index contributed by atoms with van der Waals surface area (Å²) in [5.41, 5.74) is 3.64. The third kappa shape index (κ3) is 4.51. The molecule has 4 rings (SSSR count). The maximum atomic E-state index is 12.0. The van der Waals surface area contributed by atoms with Crippen molar-refractivity contribution in [3.8, 4) is 0 Å². The van der Waals surface area contributed by atoms with Gasteiger partial charge in [-0.05, 0) is 54.7 Å².